The molecule has 3 nitrogen and oxygen atoms in total. The molecule has 2 unspecified atom stereocenters. The van der Waals surface area contributed by atoms with E-state index in [1.807, 2.05) is 18.2 Å². The van der Waals surface area contributed by atoms with Crippen LogP contribution >= 0.6 is 0 Å². The average molecular weight is 178 g/mol. The second kappa shape index (κ2) is 3.24. The summed E-state index contributed by atoms with van der Waals surface area (Å²) in [4.78, 5) is 4.27. The van der Waals surface area contributed by atoms with Gasteiger partial charge in [-0.15, -0.1) is 0 Å². The number of hydrogen-bond donors (Lipinski definition) is 1. The van der Waals surface area contributed by atoms with Gasteiger partial charge in [0.25, 0.3) is 0 Å². The minimum absolute atomic E-state index is 0.611. The molecule has 3 heteroatoms. The second-order valence-electron chi connectivity index (χ2n) is 3.53. The number of methoxy groups -OCH3 is 1. The molecule has 0 saturated heterocycles. The molecule has 70 valence electrons. The molecule has 0 spiro atoms. The fraction of sp³-hybridized carbons (Fsp3) is 0.500. The Bertz CT molecular complexity index is 301. The maximum atomic E-state index is 5.03. The molecule has 0 radical (unpaired) electrons. The van der Waals surface area contributed by atoms with E-state index >= 15 is 0 Å². The number of nitrogens with one attached hydrogen (secondary N) is 1. The number of ether oxygens (including phenoxy) is 1. The summed E-state index contributed by atoms with van der Waals surface area (Å²) in [6.07, 6.45) is 1.25. The molecule has 0 aromatic carbocycles. The van der Waals surface area contributed by atoms with E-state index in [2.05, 4.69) is 17.2 Å². The van der Waals surface area contributed by atoms with E-state index in [4.69, 9.17) is 4.74 Å². The standard InChI is InChI=1S/C10H14N2O/c1-7-6-8(7)11-9-4-3-5-10(12-9)13-2/h3-5,7-8H,6H2,1-2H3,(H,11,12). The van der Waals surface area contributed by atoms with Gasteiger partial charge >= 0.3 is 0 Å². The maximum absolute atomic E-state index is 5.03. The van der Waals surface area contributed by atoms with Gasteiger partial charge in [0, 0.05) is 12.1 Å². The summed E-state index contributed by atoms with van der Waals surface area (Å²) in [5.74, 6) is 2.36. The summed E-state index contributed by atoms with van der Waals surface area (Å²) in [5, 5.41) is 3.35. The molecule has 1 aliphatic rings. The smallest absolute Gasteiger partial charge is 0.214 e. The zero-order valence-electron chi connectivity index (χ0n) is 7.95. The predicted octanol–water partition coefficient (Wildman–Crippen LogP) is 1.91. The molecule has 1 aromatic heterocycles. The number of pyridine rings is 1. The molecule has 1 saturated carbocycles. The van der Waals surface area contributed by atoms with Crippen molar-refractivity contribution in [3.8, 4) is 5.88 Å². The molecular formula is C10H14N2O. The van der Waals surface area contributed by atoms with Crippen molar-refractivity contribution in [1.82, 2.24) is 4.98 Å². The van der Waals surface area contributed by atoms with Crippen molar-refractivity contribution < 1.29 is 4.74 Å². The Labute approximate surface area is 78.1 Å². The Balaban J connectivity index is 2.03. The lowest BCUT2D eigenvalue weighted by Gasteiger charge is -2.05. The monoisotopic (exact) mass is 178 g/mol. The molecule has 0 aliphatic heterocycles. The Morgan fingerprint density at radius 3 is 2.92 bits per heavy atom. The van der Waals surface area contributed by atoms with Gasteiger partial charge in [0.1, 0.15) is 5.82 Å². The SMILES string of the molecule is COc1cccc(NC2CC2C)n1. The minimum Gasteiger partial charge on any atom is -0.481 e. The third-order valence-corrected chi connectivity index (χ3v) is 2.38. The Hall–Kier alpha value is -1.25. The first-order valence-corrected chi connectivity index (χ1v) is 4.57. The number of nitrogens with zero attached hydrogens (tertiary/aromatic N) is 1. The zero-order chi connectivity index (χ0) is 9.26. The molecule has 0 bridgehead atoms. The van der Waals surface area contributed by atoms with Crippen LogP contribution in [-0.2, 0) is 0 Å². The van der Waals surface area contributed by atoms with E-state index in [0.717, 1.165) is 11.7 Å². The fourth-order valence-electron chi connectivity index (χ4n) is 1.32. The van der Waals surface area contributed by atoms with Gasteiger partial charge in [-0.05, 0) is 18.4 Å². The maximum Gasteiger partial charge on any atom is 0.214 e. The predicted molar refractivity (Wildman–Crippen MR) is 52.0 cm³/mol. The number of hydrogen-bond acceptors (Lipinski definition) is 3. The van der Waals surface area contributed by atoms with E-state index < -0.39 is 0 Å². The van der Waals surface area contributed by atoms with E-state index in [0.29, 0.717) is 11.9 Å². The highest BCUT2D eigenvalue weighted by atomic mass is 16.5. The summed E-state index contributed by atoms with van der Waals surface area (Å²) in [5.41, 5.74) is 0. The average Bonchev–Trinajstić information content (AvgIpc) is 2.82. The first kappa shape index (κ1) is 8.35. The third kappa shape index (κ3) is 1.91. The van der Waals surface area contributed by atoms with E-state index in [9.17, 15) is 0 Å². The van der Waals surface area contributed by atoms with Crippen LogP contribution in [0.1, 0.15) is 13.3 Å². The normalized spacial score (nSPS) is 25.4. The van der Waals surface area contributed by atoms with Gasteiger partial charge in [-0.2, -0.15) is 4.98 Å². The molecule has 2 rings (SSSR count). The molecule has 13 heavy (non-hydrogen) atoms. The van der Waals surface area contributed by atoms with Crippen LogP contribution in [0.3, 0.4) is 0 Å². The highest BCUT2D eigenvalue weighted by Gasteiger charge is 2.32. The van der Waals surface area contributed by atoms with Crippen LogP contribution in [0.25, 0.3) is 0 Å². The lowest BCUT2D eigenvalue weighted by molar-refractivity contribution is 0.398. The van der Waals surface area contributed by atoms with Crippen LogP contribution in [0.2, 0.25) is 0 Å². The molecule has 2 atom stereocenters. The minimum atomic E-state index is 0.611. The van der Waals surface area contributed by atoms with Gasteiger partial charge in [-0.1, -0.05) is 13.0 Å². The van der Waals surface area contributed by atoms with Crippen molar-refractivity contribution in [1.29, 1.82) is 0 Å². The summed E-state index contributed by atoms with van der Waals surface area (Å²) >= 11 is 0. The first-order chi connectivity index (χ1) is 6.29. The van der Waals surface area contributed by atoms with Crippen LogP contribution in [-0.4, -0.2) is 18.1 Å². The lowest BCUT2D eigenvalue weighted by atomic mass is 10.4. The molecule has 1 N–H and O–H groups in total. The molecule has 1 heterocycles. The van der Waals surface area contributed by atoms with Crippen molar-refractivity contribution in [2.45, 2.75) is 19.4 Å². The van der Waals surface area contributed by atoms with Crippen LogP contribution in [0.5, 0.6) is 5.88 Å². The number of aromatic nitrogens is 1. The summed E-state index contributed by atoms with van der Waals surface area (Å²) < 4.78 is 5.03. The van der Waals surface area contributed by atoms with Gasteiger partial charge in [0.2, 0.25) is 5.88 Å². The van der Waals surface area contributed by atoms with Gasteiger partial charge in [-0.25, -0.2) is 0 Å². The Morgan fingerprint density at radius 1 is 1.54 bits per heavy atom. The third-order valence-electron chi connectivity index (χ3n) is 2.38. The van der Waals surface area contributed by atoms with Crippen LogP contribution in [0.15, 0.2) is 18.2 Å². The highest BCUT2D eigenvalue weighted by molar-refractivity contribution is 5.39. The molecule has 1 aliphatic carbocycles. The second-order valence-corrected chi connectivity index (χ2v) is 3.53. The van der Waals surface area contributed by atoms with Crippen molar-refractivity contribution >= 4 is 5.82 Å². The van der Waals surface area contributed by atoms with E-state index in [1.54, 1.807) is 7.11 Å². The van der Waals surface area contributed by atoms with Gasteiger partial charge < -0.3 is 10.1 Å². The van der Waals surface area contributed by atoms with Crippen LogP contribution in [0, 0.1) is 5.92 Å². The Kier molecular flexibility index (Phi) is 2.08. The Morgan fingerprint density at radius 2 is 2.31 bits per heavy atom. The van der Waals surface area contributed by atoms with Crippen LogP contribution in [0.4, 0.5) is 5.82 Å². The van der Waals surface area contributed by atoms with Crippen LogP contribution < -0.4 is 10.1 Å². The molecular weight excluding hydrogens is 164 g/mol. The quantitative estimate of drug-likeness (QED) is 0.767. The van der Waals surface area contributed by atoms with E-state index in [-0.39, 0.29) is 0 Å². The van der Waals surface area contributed by atoms with E-state index in [1.165, 1.54) is 6.42 Å². The summed E-state index contributed by atoms with van der Waals surface area (Å²) in [7, 11) is 1.63. The summed E-state index contributed by atoms with van der Waals surface area (Å²) in [6, 6.07) is 6.37. The molecule has 1 aromatic rings. The highest BCUT2D eigenvalue weighted by Crippen LogP contribution is 2.32. The van der Waals surface area contributed by atoms with Gasteiger partial charge in [0.05, 0.1) is 7.11 Å². The lowest BCUT2D eigenvalue weighted by Crippen LogP contribution is -2.05. The summed E-state index contributed by atoms with van der Waals surface area (Å²) in [6.45, 7) is 2.23. The van der Waals surface area contributed by atoms with Crippen molar-refractivity contribution in [3.05, 3.63) is 18.2 Å². The van der Waals surface area contributed by atoms with Crippen molar-refractivity contribution in [2.75, 3.05) is 12.4 Å². The topological polar surface area (TPSA) is 34.1 Å². The molecule has 1 fully saturated rings. The number of rotatable bonds is 3. The first-order valence-electron chi connectivity index (χ1n) is 4.57. The van der Waals surface area contributed by atoms with Crippen molar-refractivity contribution in [3.63, 3.8) is 0 Å². The molecule has 0 amide bonds. The van der Waals surface area contributed by atoms with Gasteiger partial charge in [-0.3, -0.25) is 0 Å². The van der Waals surface area contributed by atoms with Crippen molar-refractivity contribution in [2.24, 2.45) is 5.92 Å². The zero-order valence-corrected chi connectivity index (χ0v) is 7.95. The van der Waals surface area contributed by atoms with Gasteiger partial charge in [0.15, 0.2) is 0 Å². The fourth-order valence-corrected chi connectivity index (χ4v) is 1.32. The largest absolute Gasteiger partial charge is 0.481 e. The number of anilines is 1.